The van der Waals surface area contributed by atoms with Gasteiger partial charge in [-0.05, 0) is 36.8 Å². The molecule has 7 heteroatoms. The van der Waals surface area contributed by atoms with Crippen LogP contribution in [0.1, 0.15) is 39.4 Å². The highest BCUT2D eigenvalue weighted by Crippen LogP contribution is 2.23. The molecule has 0 saturated carbocycles. The fourth-order valence-electron chi connectivity index (χ4n) is 2.48. The number of hydrogen-bond acceptors (Lipinski definition) is 5. The van der Waals surface area contributed by atoms with Gasteiger partial charge in [0.15, 0.2) is 0 Å². The van der Waals surface area contributed by atoms with Crippen molar-refractivity contribution >= 4 is 11.9 Å². The largest absolute Gasteiger partial charge is 0.497 e. The number of carbonyl (C=O) groups excluding carboxylic acids is 1. The van der Waals surface area contributed by atoms with Crippen LogP contribution >= 0.6 is 0 Å². The molecule has 7 nitrogen and oxygen atoms in total. The molecule has 0 aliphatic carbocycles. The summed E-state index contributed by atoms with van der Waals surface area (Å²) in [5, 5.41) is 11.8. The van der Waals surface area contributed by atoms with E-state index in [1.807, 2.05) is 31.2 Å². The summed E-state index contributed by atoms with van der Waals surface area (Å²) in [7, 11) is 3.15. The average molecular weight is 344 g/mol. The van der Waals surface area contributed by atoms with Crippen molar-refractivity contribution in [3.05, 3.63) is 59.4 Å². The van der Waals surface area contributed by atoms with E-state index < -0.39 is 11.9 Å². The maximum Gasteiger partial charge on any atom is 0.354 e. The summed E-state index contributed by atoms with van der Waals surface area (Å²) in [5.41, 5.74) is 0.930. The number of carbonyl (C=O) groups is 2. The highest BCUT2D eigenvalue weighted by Gasteiger charge is 2.22. The van der Waals surface area contributed by atoms with Crippen LogP contribution in [0, 0.1) is 0 Å². The summed E-state index contributed by atoms with van der Waals surface area (Å²) in [5.74, 6) is -0.850. The van der Waals surface area contributed by atoms with Gasteiger partial charge in [-0.25, -0.2) is 9.78 Å². The van der Waals surface area contributed by atoms with E-state index >= 15 is 0 Å². The van der Waals surface area contributed by atoms with Crippen molar-refractivity contribution in [2.75, 3.05) is 14.2 Å². The Hall–Kier alpha value is -2.93. The first-order valence-electron chi connectivity index (χ1n) is 7.63. The van der Waals surface area contributed by atoms with Crippen LogP contribution in [0.2, 0.25) is 0 Å². The summed E-state index contributed by atoms with van der Waals surface area (Å²) < 4.78 is 10.6. The van der Waals surface area contributed by atoms with Gasteiger partial charge in [0.05, 0.1) is 13.2 Å². The zero-order valence-electron chi connectivity index (χ0n) is 14.2. The molecule has 2 unspecified atom stereocenters. The van der Waals surface area contributed by atoms with Crippen LogP contribution in [-0.2, 0) is 4.74 Å². The maximum atomic E-state index is 12.4. The van der Waals surface area contributed by atoms with Crippen LogP contribution < -0.4 is 10.1 Å². The van der Waals surface area contributed by atoms with E-state index in [0.717, 1.165) is 11.3 Å². The van der Waals surface area contributed by atoms with Gasteiger partial charge in [0.1, 0.15) is 17.5 Å². The SMILES string of the molecule is COc1ccc(C(OC)C(C)NC(=O)c2ccnc(C(=O)O)c2)cc1. The van der Waals surface area contributed by atoms with Gasteiger partial charge in [-0.1, -0.05) is 12.1 Å². The van der Waals surface area contributed by atoms with Gasteiger partial charge in [0.25, 0.3) is 5.91 Å². The third-order valence-corrected chi connectivity index (χ3v) is 3.75. The number of methoxy groups -OCH3 is 2. The molecule has 2 aromatic rings. The predicted molar refractivity (Wildman–Crippen MR) is 90.9 cm³/mol. The van der Waals surface area contributed by atoms with Gasteiger partial charge >= 0.3 is 5.97 Å². The number of carboxylic acid groups (broad SMARTS) is 1. The lowest BCUT2D eigenvalue weighted by molar-refractivity contribution is 0.0644. The molecule has 2 N–H and O–H groups in total. The molecule has 2 rings (SSSR count). The minimum absolute atomic E-state index is 0.182. The number of ether oxygens (including phenoxy) is 2. The van der Waals surface area contributed by atoms with Crippen LogP contribution in [0.4, 0.5) is 0 Å². The minimum atomic E-state index is -1.18. The van der Waals surface area contributed by atoms with Gasteiger partial charge in [0, 0.05) is 18.9 Å². The fraction of sp³-hybridized carbons (Fsp3) is 0.278. The molecule has 2 atom stereocenters. The summed E-state index contributed by atoms with van der Waals surface area (Å²) in [6.45, 7) is 1.82. The Labute approximate surface area is 145 Å². The van der Waals surface area contributed by atoms with Gasteiger partial charge in [-0.3, -0.25) is 4.79 Å². The van der Waals surface area contributed by atoms with Crippen molar-refractivity contribution in [1.82, 2.24) is 10.3 Å². The number of nitrogens with one attached hydrogen (secondary N) is 1. The number of pyridine rings is 1. The topological polar surface area (TPSA) is 97.8 Å². The first-order valence-corrected chi connectivity index (χ1v) is 7.63. The zero-order valence-corrected chi connectivity index (χ0v) is 14.2. The van der Waals surface area contributed by atoms with E-state index in [-0.39, 0.29) is 23.4 Å². The second kappa shape index (κ2) is 8.25. The molecule has 1 heterocycles. The molecule has 132 valence electrons. The number of nitrogens with zero attached hydrogens (tertiary/aromatic N) is 1. The standard InChI is InChI=1S/C18H20N2O5/c1-11(16(25-3)12-4-6-14(24-2)7-5-12)20-17(21)13-8-9-19-15(10-13)18(22)23/h4-11,16H,1-3H3,(H,20,21)(H,22,23). The molecule has 0 bridgehead atoms. The van der Waals surface area contributed by atoms with Crippen LogP contribution in [0.3, 0.4) is 0 Å². The quantitative estimate of drug-likeness (QED) is 0.800. The molecule has 1 amide bonds. The number of amides is 1. The van der Waals surface area contributed by atoms with Gasteiger partial charge in [-0.2, -0.15) is 0 Å². The third kappa shape index (κ3) is 4.54. The van der Waals surface area contributed by atoms with Crippen LogP contribution in [-0.4, -0.2) is 42.2 Å². The van der Waals surface area contributed by atoms with E-state index in [1.165, 1.54) is 18.3 Å². The highest BCUT2D eigenvalue weighted by atomic mass is 16.5. The van der Waals surface area contributed by atoms with Crippen LogP contribution in [0.15, 0.2) is 42.6 Å². The van der Waals surface area contributed by atoms with Crippen molar-refractivity contribution in [3.8, 4) is 5.75 Å². The normalized spacial score (nSPS) is 12.9. The maximum absolute atomic E-state index is 12.4. The van der Waals surface area contributed by atoms with E-state index in [0.29, 0.717) is 0 Å². The summed E-state index contributed by atoms with van der Waals surface area (Å²) in [6, 6.07) is 9.72. The molecular weight excluding hydrogens is 324 g/mol. The van der Waals surface area contributed by atoms with Gasteiger partial charge in [0.2, 0.25) is 0 Å². The van der Waals surface area contributed by atoms with Crippen molar-refractivity contribution in [3.63, 3.8) is 0 Å². The second-order valence-electron chi connectivity index (χ2n) is 5.43. The van der Waals surface area contributed by atoms with Crippen molar-refractivity contribution < 1.29 is 24.2 Å². The Balaban J connectivity index is 2.12. The number of hydrogen-bond donors (Lipinski definition) is 2. The lowest BCUT2D eigenvalue weighted by Gasteiger charge is -2.24. The zero-order chi connectivity index (χ0) is 18.4. The fourth-order valence-corrected chi connectivity index (χ4v) is 2.48. The number of carboxylic acids is 1. The van der Waals surface area contributed by atoms with Crippen molar-refractivity contribution in [1.29, 1.82) is 0 Å². The Kier molecular flexibility index (Phi) is 6.08. The predicted octanol–water partition coefficient (Wildman–Crippen LogP) is 2.29. The molecule has 1 aromatic heterocycles. The first-order chi connectivity index (χ1) is 12.0. The molecule has 0 radical (unpaired) electrons. The number of rotatable bonds is 7. The number of aromatic nitrogens is 1. The van der Waals surface area contributed by atoms with E-state index in [2.05, 4.69) is 10.3 Å². The Bertz CT molecular complexity index is 745. The van der Waals surface area contributed by atoms with Gasteiger partial charge < -0.3 is 19.9 Å². The monoisotopic (exact) mass is 344 g/mol. The second-order valence-corrected chi connectivity index (χ2v) is 5.43. The molecule has 0 spiro atoms. The van der Waals surface area contributed by atoms with E-state index in [9.17, 15) is 9.59 Å². The lowest BCUT2D eigenvalue weighted by atomic mass is 10.0. The van der Waals surface area contributed by atoms with Crippen LogP contribution in [0.25, 0.3) is 0 Å². The number of aromatic carboxylic acids is 1. The molecule has 1 aromatic carbocycles. The smallest absolute Gasteiger partial charge is 0.354 e. The van der Waals surface area contributed by atoms with Gasteiger partial charge in [-0.15, -0.1) is 0 Å². The van der Waals surface area contributed by atoms with E-state index in [1.54, 1.807) is 14.2 Å². The van der Waals surface area contributed by atoms with Crippen molar-refractivity contribution in [2.45, 2.75) is 19.1 Å². The lowest BCUT2D eigenvalue weighted by Crippen LogP contribution is -2.37. The van der Waals surface area contributed by atoms with E-state index in [4.69, 9.17) is 14.6 Å². The summed E-state index contributed by atoms with van der Waals surface area (Å²) in [4.78, 5) is 27.0. The molecule has 25 heavy (non-hydrogen) atoms. The summed E-state index contributed by atoms with van der Waals surface area (Å²) >= 11 is 0. The molecule has 0 aliphatic heterocycles. The average Bonchev–Trinajstić information content (AvgIpc) is 2.63. The third-order valence-electron chi connectivity index (χ3n) is 3.75. The van der Waals surface area contributed by atoms with Crippen LogP contribution in [0.5, 0.6) is 5.75 Å². The number of benzene rings is 1. The Morgan fingerprint density at radius 1 is 1.16 bits per heavy atom. The molecule has 0 saturated heterocycles. The first kappa shape index (κ1) is 18.4. The molecular formula is C18H20N2O5. The molecule has 0 aliphatic rings. The van der Waals surface area contributed by atoms with Crippen molar-refractivity contribution in [2.24, 2.45) is 0 Å². The summed E-state index contributed by atoms with van der Waals surface area (Å²) in [6.07, 6.45) is 0.927. The molecule has 0 fully saturated rings. The Morgan fingerprint density at radius 3 is 2.40 bits per heavy atom. The Morgan fingerprint density at radius 2 is 1.84 bits per heavy atom. The highest BCUT2D eigenvalue weighted by molar-refractivity contribution is 5.96. The minimum Gasteiger partial charge on any atom is -0.497 e.